The Morgan fingerprint density at radius 3 is 2.55 bits per heavy atom. The van der Waals surface area contributed by atoms with E-state index >= 15 is 0 Å². The van der Waals surface area contributed by atoms with Crippen LogP contribution in [0.25, 0.3) is 5.69 Å². The standard InChI is InChI=1S/C19H15F4N5O3/c1-24-15(29)10-31-14-7-3-5-12(9-14)25-18(30)16-17(19(21,22)23)28(27-26-16)13-6-2-4-11(20)8-13/h2-9H,10H2,1H3,(H,24,29)(H,25,30). The van der Waals surface area contributed by atoms with E-state index in [1.165, 1.54) is 43.4 Å². The van der Waals surface area contributed by atoms with E-state index in [1.807, 2.05) is 0 Å². The summed E-state index contributed by atoms with van der Waals surface area (Å²) in [6.45, 7) is -0.284. The fourth-order valence-corrected chi connectivity index (χ4v) is 2.55. The highest BCUT2D eigenvalue weighted by molar-refractivity contribution is 6.03. The molecule has 0 aliphatic rings. The number of nitrogens with one attached hydrogen (secondary N) is 2. The highest BCUT2D eigenvalue weighted by Crippen LogP contribution is 2.33. The van der Waals surface area contributed by atoms with Crippen molar-refractivity contribution < 1.29 is 31.9 Å². The van der Waals surface area contributed by atoms with Gasteiger partial charge in [-0.25, -0.2) is 9.07 Å². The maximum absolute atomic E-state index is 13.7. The molecule has 2 N–H and O–H groups in total. The molecule has 0 atom stereocenters. The number of hydrogen-bond donors (Lipinski definition) is 2. The summed E-state index contributed by atoms with van der Waals surface area (Å²) in [5.74, 6) is -2.14. The topological polar surface area (TPSA) is 98.1 Å². The van der Waals surface area contributed by atoms with E-state index in [0.29, 0.717) is 4.68 Å². The maximum atomic E-state index is 13.7. The fourth-order valence-electron chi connectivity index (χ4n) is 2.55. The van der Waals surface area contributed by atoms with Crippen molar-refractivity contribution in [2.75, 3.05) is 19.0 Å². The van der Waals surface area contributed by atoms with Crippen LogP contribution in [0, 0.1) is 5.82 Å². The van der Waals surface area contributed by atoms with Crippen LogP contribution in [0.1, 0.15) is 16.2 Å². The Hall–Kier alpha value is -3.96. The molecule has 0 saturated heterocycles. The van der Waals surface area contributed by atoms with Crippen LogP contribution < -0.4 is 15.4 Å². The van der Waals surface area contributed by atoms with Gasteiger partial charge in [-0.3, -0.25) is 9.59 Å². The lowest BCUT2D eigenvalue weighted by Gasteiger charge is -2.12. The van der Waals surface area contributed by atoms with Crippen LogP contribution in [-0.2, 0) is 11.0 Å². The van der Waals surface area contributed by atoms with Crippen molar-refractivity contribution >= 4 is 17.5 Å². The van der Waals surface area contributed by atoms with Gasteiger partial charge in [0.25, 0.3) is 11.8 Å². The van der Waals surface area contributed by atoms with Crippen LogP contribution in [0.5, 0.6) is 5.75 Å². The summed E-state index contributed by atoms with van der Waals surface area (Å²) in [4.78, 5) is 23.8. The molecule has 0 unspecified atom stereocenters. The molecular formula is C19H15F4N5O3. The van der Waals surface area contributed by atoms with Crippen LogP contribution in [0.15, 0.2) is 48.5 Å². The van der Waals surface area contributed by atoms with Gasteiger partial charge in [0.1, 0.15) is 11.6 Å². The summed E-state index contributed by atoms with van der Waals surface area (Å²) in [5, 5.41) is 11.4. The van der Waals surface area contributed by atoms with Gasteiger partial charge in [0.05, 0.1) is 5.69 Å². The number of hydrogen-bond acceptors (Lipinski definition) is 5. The van der Waals surface area contributed by atoms with E-state index < -0.39 is 35.2 Å². The third-order valence-corrected chi connectivity index (χ3v) is 3.95. The average Bonchev–Trinajstić information content (AvgIpc) is 3.18. The normalized spacial score (nSPS) is 11.1. The molecule has 2 amide bonds. The molecular weight excluding hydrogens is 422 g/mol. The lowest BCUT2D eigenvalue weighted by molar-refractivity contribution is -0.143. The van der Waals surface area contributed by atoms with Crippen molar-refractivity contribution in [2.24, 2.45) is 0 Å². The monoisotopic (exact) mass is 437 g/mol. The van der Waals surface area contributed by atoms with Gasteiger partial charge in [0.2, 0.25) is 0 Å². The number of ether oxygens (including phenoxy) is 1. The second-order valence-corrected chi connectivity index (χ2v) is 6.12. The van der Waals surface area contributed by atoms with Gasteiger partial charge in [0, 0.05) is 18.8 Å². The first-order chi connectivity index (χ1) is 14.7. The first kappa shape index (κ1) is 21.7. The number of benzene rings is 2. The van der Waals surface area contributed by atoms with Gasteiger partial charge >= 0.3 is 6.18 Å². The van der Waals surface area contributed by atoms with E-state index in [2.05, 4.69) is 20.9 Å². The molecule has 0 spiro atoms. The van der Waals surface area contributed by atoms with Crippen LogP contribution in [0.2, 0.25) is 0 Å². The molecule has 0 fully saturated rings. The lowest BCUT2D eigenvalue weighted by Crippen LogP contribution is -2.24. The van der Waals surface area contributed by atoms with Gasteiger partial charge < -0.3 is 15.4 Å². The molecule has 0 bridgehead atoms. The predicted octanol–water partition coefficient (Wildman–Crippen LogP) is 2.80. The molecule has 1 aromatic heterocycles. The Balaban J connectivity index is 1.88. The molecule has 8 nitrogen and oxygen atoms in total. The molecule has 1 heterocycles. The summed E-state index contributed by atoms with van der Waals surface area (Å²) in [6, 6.07) is 10.0. The van der Waals surface area contributed by atoms with Gasteiger partial charge in [-0.2, -0.15) is 13.2 Å². The zero-order chi connectivity index (χ0) is 22.6. The zero-order valence-corrected chi connectivity index (χ0v) is 15.9. The first-order valence-corrected chi connectivity index (χ1v) is 8.72. The number of likely N-dealkylation sites (N-methyl/N-ethyl adjacent to an activating group) is 1. The largest absolute Gasteiger partial charge is 0.484 e. The molecule has 31 heavy (non-hydrogen) atoms. The molecule has 162 valence electrons. The number of alkyl halides is 3. The molecule has 12 heteroatoms. The van der Waals surface area contributed by atoms with Crippen molar-refractivity contribution in [1.82, 2.24) is 20.3 Å². The molecule has 0 radical (unpaired) electrons. The summed E-state index contributed by atoms with van der Waals surface area (Å²) >= 11 is 0. The van der Waals surface area contributed by atoms with Crippen LogP contribution in [0.3, 0.4) is 0 Å². The van der Waals surface area contributed by atoms with Crippen molar-refractivity contribution in [1.29, 1.82) is 0 Å². The highest BCUT2D eigenvalue weighted by Gasteiger charge is 2.42. The minimum atomic E-state index is -5.00. The number of carbonyl (C=O) groups is 2. The molecule has 2 aromatic carbocycles. The fraction of sp³-hybridized carbons (Fsp3) is 0.158. The summed E-state index contributed by atoms with van der Waals surface area (Å²) in [5.41, 5.74) is -2.59. The van der Waals surface area contributed by atoms with E-state index in [9.17, 15) is 27.2 Å². The second kappa shape index (κ2) is 8.81. The minimum Gasteiger partial charge on any atom is -0.484 e. The van der Waals surface area contributed by atoms with Crippen molar-refractivity contribution in [3.05, 3.63) is 65.7 Å². The number of halogens is 4. The minimum absolute atomic E-state index is 0.104. The van der Waals surface area contributed by atoms with Crippen LogP contribution in [0.4, 0.5) is 23.2 Å². The zero-order valence-electron chi connectivity index (χ0n) is 15.9. The number of amides is 2. The van der Waals surface area contributed by atoms with Gasteiger partial charge in [-0.05, 0) is 30.3 Å². The molecule has 3 aromatic rings. The highest BCUT2D eigenvalue weighted by atomic mass is 19.4. The lowest BCUT2D eigenvalue weighted by atomic mass is 10.2. The Kier molecular flexibility index (Phi) is 6.18. The summed E-state index contributed by atoms with van der Waals surface area (Å²) in [6.07, 6.45) is -5.00. The SMILES string of the molecule is CNC(=O)COc1cccc(NC(=O)c2nnn(-c3cccc(F)c3)c2C(F)(F)F)c1. The summed E-state index contributed by atoms with van der Waals surface area (Å²) < 4.78 is 60.0. The van der Waals surface area contributed by atoms with Crippen molar-refractivity contribution in [3.8, 4) is 11.4 Å². The van der Waals surface area contributed by atoms with Gasteiger partial charge in [-0.15, -0.1) is 5.10 Å². The number of nitrogens with zero attached hydrogens (tertiary/aromatic N) is 3. The van der Waals surface area contributed by atoms with Crippen LogP contribution in [-0.4, -0.2) is 40.5 Å². The quantitative estimate of drug-likeness (QED) is 0.578. The number of aromatic nitrogens is 3. The average molecular weight is 437 g/mol. The number of rotatable bonds is 6. The smallest absolute Gasteiger partial charge is 0.435 e. The summed E-state index contributed by atoms with van der Waals surface area (Å²) in [7, 11) is 1.43. The first-order valence-electron chi connectivity index (χ1n) is 8.72. The van der Waals surface area contributed by atoms with E-state index in [-0.39, 0.29) is 23.7 Å². The van der Waals surface area contributed by atoms with E-state index in [1.54, 1.807) is 0 Å². The molecule has 0 aliphatic heterocycles. The Morgan fingerprint density at radius 1 is 1.13 bits per heavy atom. The van der Waals surface area contributed by atoms with E-state index in [4.69, 9.17) is 4.74 Å². The number of carbonyl (C=O) groups excluding carboxylic acids is 2. The van der Waals surface area contributed by atoms with Crippen molar-refractivity contribution in [3.63, 3.8) is 0 Å². The Morgan fingerprint density at radius 2 is 1.87 bits per heavy atom. The predicted molar refractivity (Wildman–Crippen MR) is 100 cm³/mol. The number of anilines is 1. The Labute approximate surface area is 172 Å². The van der Waals surface area contributed by atoms with E-state index in [0.717, 1.165) is 12.1 Å². The Bertz CT molecular complexity index is 1110. The third-order valence-electron chi connectivity index (χ3n) is 3.95. The molecule has 0 aliphatic carbocycles. The maximum Gasteiger partial charge on any atom is 0.435 e. The van der Waals surface area contributed by atoms with Crippen LogP contribution >= 0.6 is 0 Å². The second-order valence-electron chi connectivity index (χ2n) is 6.12. The van der Waals surface area contributed by atoms with Gasteiger partial charge in [0.15, 0.2) is 18.0 Å². The molecule has 0 saturated carbocycles. The van der Waals surface area contributed by atoms with Gasteiger partial charge in [-0.1, -0.05) is 17.3 Å². The van der Waals surface area contributed by atoms with Crippen molar-refractivity contribution in [2.45, 2.75) is 6.18 Å². The molecule has 3 rings (SSSR count). The third kappa shape index (κ3) is 5.15.